The Bertz CT molecular complexity index is 924. The first-order valence-corrected chi connectivity index (χ1v) is 11.5. The number of hydrogen-bond acceptors (Lipinski definition) is 6. The number of hydrogen-bond donors (Lipinski definition) is 3. The second-order valence-corrected chi connectivity index (χ2v) is 9.44. The van der Waals surface area contributed by atoms with E-state index < -0.39 is 6.35 Å². The zero-order valence-corrected chi connectivity index (χ0v) is 18.5. The Hall–Kier alpha value is -2.12. The Morgan fingerprint density at radius 2 is 2.00 bits per heavy atom. The van der Waals surface area contributed by atoms with Crippen LogP contribution in [0.4, 0.5) is 11.4 Å². The van der Waals surface area contributed by atoms with Crippen LogP contribution in [0.15, 0.2) is 48.7 Å². The second-order valence-electron chi connectivity index (χ2n) is 9.00. The van der Waals surface area contributed by atoms with Crippen molar-refractivity contribution in [2.45, 2.75) is 25.6 Å². The number of pyridine rings is 1. The highest BCUT2D eigenvalue weighted by Gasteiger charge is 2.40. The lowest BCUT2D eigenvalue weighted by Gasteiger charge is -2.31. The van der Waals surface area contributed by atoms with Gasteiger partial charge in [0.05, 0.1) is 10.7 Å². The molecular weight excluding hydrogens is 410 g/mol. The van der Waals surface area contributed by atoms with E-state index in [2.05, 4.69) is 50.9 Å². The smallest absolute Gasteiger partial charge is 0.184 e. The fourth-order valence-corrected chi connectivity index (χ4v) is 5.13. The SMILES string of the molecule is OC(Nc1ccc(N2CCC3(CCNC3)C2)cc1)N1CC=C(c2ccc(Cl)cn2)CC1. The van der Waals surface area contributed by atoms with Gasteiger partial charge in [-0.25, -0.2) is 0 Å². The van der Waals surface area contributed by atoms with Gasteiger partial charge in [-0.05, 0) is 67.8 Å². The first-order chi connectivity index (χ1) is 15.1. The number of aliphatic hydroxyl groups excluding tert-OH is 1. The molecular formula is C24H30ClN5O. The van der Waals surface area contributed by atoms with Crippen molar-refractivity contribution in [3.05, 3.63) is 59.4 Å². The molecule has 0 radical (unpaired) electrons. The highest BCUT2D eigenvalue weighted by molar-refractivity contribution is 6.30. The maximum Gasteiger partial charge on any atom is 0.184 e. The van der Waals surface area contributed by atoms with Crippen molar-refractivity contribution < 1.29 is 5.11 Å². The number of aromatic nitrogens is 1. The first kappa shape index (κ1) is 20.8. The topological polar surface area (TPSA) is 63.7 Å². The molecule has 3 N–H and O–H groups in total. The molecule has 7 heteroatoms. The van der Waals surface area contributed by atoms with Crippen molar-refractivity contribution >= 4 is 28.5 Å². The number of rotatable bonds is 5. The van der Waals surface area contributed by atoms with Crippen LogP contribution in [0.1, 0.15) is 25.0 Å². The van der Waals surface area contributed by atoms with Gasteiger partial charge in [0.2, 0.25) is 0 Å². The summed E-state index contributed by atoms with van der Waals surface area (Å²) in [5.74, 6) is 0. The van der Waals surface area contributed by atoms with E-state index in [1.807, 2.05) is 17.0 Å². The van der Waals surface area contributed by atoms with E-state index >= 15 is 0 Å². The number of benzene rings is 1. The normalized spacial score (nSPS) is 25.1. The highest BCUT2D eigenvalue weighted by atomic mass is 35.5. The van der Waals surface area contributed by atoms with Gasteiger partial charge in [0.15, 0.2) is 6.35 Å². The number of nitrogens with zero attached hydrogens (tertiary/aromatic N) is 3. The molecule has 1 aromatic carbocycles. The minimum absolute atomic E-state index is 0.468. The fraction of sp³-hybridized carbons (Fsp3) is 0.458. The van der Waals surface area contributed by atoms with E-state index in [0.29, 0.717) is 17.0 Å². The molecule has 3 aliphatic heterocycles. The van der Waals surface area contributed by atoms with E-state index in [9.17, 15) is 5.11 Å². The highest BCUT2D eigenvalue weighted by Crippen LogP contribution is 2.38. The van der Waals surface area contributed by atoms with Crippen LogP contribution < -0.4 is 15.5 Å². The molecule has 0 amide bonds. The van der Waals surface area contributed by atoms with Crippen molar-refractivity contribution in [3.8, 4) is 0 Å². The van der Waals surface area contributed by atoms with E-state index in [1.165, 1.54) is 24.1 Å². The van der Waals surface area contributed by atoms with Gasteiger partial charge in [-0.3, -0.25) is 9.88 Å². The average Bonchev–Trinajstić information content (AvgIpc) is 3.45. The Morgan fingerprint density at radius 1 is 1.13 bits per heavy atom. The van der Waals surface area contributed by atoms with Crippen LogP contribution in [0.3, 0.4) is 0 Å². The monoisotopic (exact) mass is 439 g/mol. The zero-order valence-electron chi connectivity index (χ0n) is 17.7. The predicted octanol–water partition coefficient (Wildman–Crippen LogP) is 3.40. The summed E-state index contributed by atoms with van der Waals surface area (Å²) in [5.41, 5.74) is 4.83. The Balaban J connectivity index is 1.16. The predicted molar refractivity (Wildman–Crippen MR) is 126 cm³/mol. The van der Waals surface area contributed by atoms with Crippen molar-refractivity contribution in [1.29, 1.82) is 0 Å². The summed E-state index contributed by atoms with van der Waals surface area (Å²) in [4.78, 5) is 8.91. The third-order valence-electron chi connectivity index (χ3n) is 6.94. The molecule has 4 heterocycles. The Morgan fingerprint density at radius 3 is 2.68 bits per heavy atom. The fourth-order valence-electron chi connectivity index (χ4n) is 5.01. The van der Waals surface area contributed by atoms with Gasteiger partial charge in [-0.1, -0.05) is 17.7 Å². The third-order valence-corrected chi connectivity index (χ3v) is 7.17. The summed E-state index contributed by atoms with van der Waals surface area (Å²) in [6, 6.07) is 12.3. The quantitative estimate of drug-likeness (QED) is 0.620. The van der Waals surface area contributed by atoms with Crippen molar-refractivity contribution in [3.63, 3.8) is 0 Å². The first-order valence-electron chi connectivity index (χ1n) is 11.2. The zero-order chi connectivity index (χ0) is 21.3. The van der Waals surface area contributed by atoms with E-state index in [0.717, 1.165) is 50.5 Å². The average molecular weight is 440 g/mol. The Labute approximate surface area is 188 Å². The van der Waals surface area contributed by atoms with Crippen LogP contribution in [0.2, 0.25) is 5.02 Å². The van der Waals surface area contributed by atoms with Crippen molar-refractivity contribution in [2.24, 2.45) is 5.41 Å². The van der Waals surface area contributed by atoms with Gasteiger partial charge < -0.3 is 20.6 Å². The molecule has 2 saturated heterocycles. The molecule has 31 heavy (non-hydrogen) atoms. The summed E-state index contributed by atoms with van der Waals surface area (Å²) in [6.07, 6.45) is 6.50. The van der Waals surface area contributed by atoms with E-state index in [-0.39, 0.29) is 0 Å². The van der Waals surface area contributed by atoms with Gasteiger partial charge in [0.1, 0.15) is 0 Å². The molecule has 2 aromatic rings. The molecule has 0 bridgehead atoms. The molecule has 2 unspecified atom stereocenters. The number of nitrogens with one attached hydrogen (secondary N) is 2. The molecule has 6 nitrogen and oxygen atoms in total. The Kier molecular flexibility index (Phi) is 5.89. The van der Waals surface area contributed by atoms with Crippen LogP contribution >= 0.6 is 11.6 Å². The molecule has 5 rings (SSSR count). The lowest BCUT2D eigenvalue weighted by molar-refractivity contribution is 0.0342. The molecule has 2 fully saturated rings. The van der Waals surface area contributed by atoms with Gasteiger partial charge in [0.25, 0.3) is 0 Å². The minimum Gasteiger partial charge on any atom is -0.371 e. The lowest BCUT2D eigenvalue weighted by Crippen LogP contribution is -2.43. The number of aliphatic hydroxyl groups is 1. The molecule has 0 saturated carbocycles. The van der Waals surface area contributed by atoms with Crippen molar-refractivity contribution in [1.82, 2.24) is 15.2 Å². The molecule has 0 aliphatic carbocycles. The maximum absolute atomic E-state index is 10.7. The van der Waals surface area contributed by atoms with Gasteiger partial charge in [-0.15, -0.1) is 0 Å². The number of anilines is 2. The number of halogens is 1. The van der Waals surface area contributed by atoms with Gasteiger partial charge >= 0.3 is 0 Å². The van der Waals surface area contributed by atoms with E-state index in [1.54, 1.807) is 6.20 Å². The third kappa shape index (κ3) is 4.58. The van der Waals surface area contributed by atoms with Crippen LogP contribution in [0.5, 0.6) is 0 Å². The van der Waals surface area contributed by atoms with Gasteiger partial charge in [-0.2, -0.15) is 0 Å². The largest absolute Gasteiger partial charge is 0.371 e. The summed E-state index contributed by atoms with van der Waals surface area (Å²) < 4.78 is 0. The summed E-state index contributed by atoms with van der Waals surface area (Å²) in [7, 11) is 0. The van der Waals surface area contributed by atoms with E-state index in [4.69, 9.17) is 11.6 Å². The molecule has 164 valence electrons. The summed E-state index contributed by atoms with van der Waals surface area (Å²) in [6.45, 7) is 6.01. The maximum atomic E-state index is 10.7. The second kappa shape index (κ2) is 8.79. The van der Waals surface area contributed by atoms with Crippen LogP contribution in [0, 0.1) is 5.41 Å². The standard InChI is InChI=1S/C24H30ClN5O/c25-19-1-6-22(27-15-19)18-7-12-29(13-8-18)23(31)28-20-2-4-21(5-3-20)30-14-10-24(17-30)9-11-26-16-24/h1-7,15,23,26,28,31H,8-14,16-17H2. The molecule has 1 aromatic heterocycles. The summed E-state index contributed by atoms with van der Waals surface area (Å²) in [5, 5.41) is 18.1. The van der Waals surface area contributed by atoms with Gasteiger partial charge in [0, 0.05) is 55.7 Å². The lowest BCUT2D eigenvalue weighted by atomic mass is 9.86. The minimum atomic E-state index is -0.721. The summed E-state index contributed by atoms with van der Waals surface area (Å²) >= 11 is 5.93. The molecule has 2 atom stereocenters. The molecule has 3 aliphatic rings. The van der Waals surface area contributed by atoms with Crippen LogP contribution in [-0.4, -0.2) is 60.6 Å². The van der Waals surface area contributed by atoms with Crippen molar-refractivity contribution in [2.75, 3.05) is 49.5 Å². The molecule has 1 spiro atoms. The van der Waals surface area contributed by atoms with Crippen LogP contribution in [-0.2, 0) is 0 Å². The van der Waals surface area contributed by atoms with Crippen LogP contribution in [0.25, 0.3) is 5.57 Å².